The van der Waals surface area contributed by atoms with Crippen molar-refractivity contribution in [3.05, 3.63) is 17.0 Å². The molecule has 1 aromatic rings. The lowest BCUT2D eigenvalue weighted by molar-refractivity contribution is 0.366. The molecule has 1 aromatic heterocycles. The maximum atomic E-state index is 5.81. The lowest BCUT2D eigenvalue weighted by Crippen LogP contribution is -2.37. The summed E-state index contributed by atoms with van der Waals surface area (Å²) in [5.41, 5.74) is 8.00. The fourth-order valence-corrected chi connectivity index (χ4v) is 3.05. The lowest BCUT2D eigenvalue weighted by atomic mass is 10.0. The molecule has 0 aliphatic heterocycles. The Balaban J connectivity index is 2.04. The van der Waals surface area contributed by atoms with Gasteiger partial charge in [-0.1, -0.05) is 11.6 Å². The zero-order chi connectivity index (χ0) is 12.4. The maximum absolute atomic E-state index is 5.81. The number of nitrogens with one attached hydrogen (secondary N) is 1. The Morgan fingerprint density at radius 2 is 2.24 bits per heavy atom. The highest BCUT2D eigenvalue weighted by molar-refractivity contribution is 5.24. The van der Waals surface area contributed by atoms with Crippen molar-refractivity contribution < 1.29 is 4.52 Å². The van der Waals surface area contributed by atoms with Crippen LogP contribution in [-0.4, -0.2) is 17.7 Å². The maximum Gasteiger partial charge on any atom is 0.138 e. The molecule has 1 aliphatic rings. The van der Waals surface area contributed by atoms with Gasteiger partial charge in [-0.25, -0.2) is 0 Å². The Bertz CT molecular complexity index is 355. The van der Waals surface area contributed by atoms with Crippen LogP contribution in [0.2, 0.25) is 0 Å². The van der Waals surface area contributed by atoms with Gasteiger partial charge in [-0.15, -0.1) is 0 Å². The van der Waals surface area contributed by atoms with Crippen LogP contribution in [0.15, 0.2) is 4.52 Å². The molecule has 2 rings (SSSR count). The first-order valence-electron chi connectivity index (χ1n) is 6.52. The third kappa shape index (κ3) is 2.53. The second-order valence-electron chi connectivity index (χ2n) is 5.16. The summed E-state index contributed by atoms with van der Waals surface area (Å²) in [4.78, 5) is 0. The van der Waals surface area contributed by atoms with E-state index in [1.165, 1.54) is 24.8 Å². The number of nitrogens with two attached hydrogens (primary N) is 1. The summed E-state index contributed by atoms with van der Waals surface area (Å²) < 4.78 is 5.22. The Hall–Kier alpha value is -0.870. The van der Waals surface area contributed by atoms with Gasteiger partial charge in [0, 0.05) is 17.6 Å². The summed E-state index contributed by atoms with van der Waals surface area (Å²) in [5, 5.41) is 7.70. The van der Waals surface area contributed by atoms with Gasteiger partial charge in [0.05, 0.1) is 5.69 Å². The predicted octanol–water partition coefficient (Wildman–Crippen LogP) is 2.07. The van der Waals surface area contributed by atoms with Crippen LogP contribution in [0.1, 0.15) is 49.2 Å². The number of hydrogen-bond donors (Lipinski definition) is 2. The molecule has 4 heteroatoms. The van der Waals surface area contributed by atoms with Gasteiger partial charge in [-0.05, 0) is 46.1 Å². The molecule has 0 radical (unpaired) electrons. The van der Waals surface area contributed by atoms with E-state index >= 15 is 0 Å². The Labute approximate surface area is 103 Å². The van der Waals surface area contributed by atoms with Crippen molar-refractivity contribution in [1.29, 1.82) is 0 Å². The molecule has 1 aliphatic carbocycles. The fraction of sp³-hybridized carbons (Fsp3) is 0.769. The molecule has 0 amide bonds. The second-order valence-corrected chi connectivity index (χ2v) is 5.16. The van der Waals surface area contributed by atoms with Gasteiger partial charge in [-0.3, -0.25) is 0 Å². The van der Waals surface area contributed by atoms with Crippen LogP contribution in [-0.2, 0) is 0 Å². The number of nitrogens with zero attached hydrogens (tertiary/aromatic N) is 1. The summed E-state index contributed by atoms with van der Waals surface area (Å²) in [5.74, 6) is 1.54. The highest BCUT2D eigenvalue weighted by atomic mass is 16.5. The molecular weight excluding hydrogens is 214 g/mol. The first-order chi connectivity index (χ1) is 8.13. The third-order valence-corrected chi connectivity index (χ3v) is 3.95. The van der Waals surface area contributed by atoms with E-state index in [2.05, 4.69) is 17.4 Å². The van der Waals surface area contributed by atoms with Crippen LogP contribution in [0.4, 0.5) is 0 Å². The van der Waals surface area contributed by atoms with E-state index in [0.29, 0.717) is 18.0 Å². The molecule has 17 heavy (non-hydrogen) atoms. The van der Waals surface area contributed by atoms with Crippen molar-refractivity contribution in [2.24, 2.45) is 11.7 Å². The average molecular weight is 237 g/mol. The molecule has 4 nitrogen and oxygen atoms in total. The Morgan fingerprint density at radius 1 is 1.47 bits per heavy atom. The number of aryl methyl sites for hydroxylation is 2. The van der Waals surface area contributed by atoms with Crippen LogP contribution in [0.5, 0.6) is 0 Å². The minimum Gasteiger partial charge on any atom is -0.361 e. The Kier molecular flexibility index (Phi) is 3.84. The minimum atomic E-state index is 0.290. The smallest absolute Gasteiger partial charge is 0.138 e. The zero-order valence-corrected chi connectivity index (χ0v) is 11.0. The summed E-state index contributed by atoms with van der Waals surface area (Å²) in [6.07, 6.45) is 3.77. The summed E-state index contributed by atoms with van der Waals surface area (Å²) >= 11 is 0. The van der Waals surface area contributed by atoms with Gasteiger partial charge in [-0.2, -0.15) is 0 Å². The molecule has 3 unspecified atom stereocenters. The van der Waals surface area contributed by atoms with E-state index in [1.54, 1.807) is 0 Å². The fourth-order valence-electron chi connectivity index (χ4n) is 3.05. The molecule has 0 bridgehead atoms. The zero-order valence-electron chi connectivity index (χ0n) is 11.0. The van der Waals surface area contributed by atoms with E-state index in [9.17, 15) is 0 Å². The van der Waals surface area contributed by atoms with Crippen molar-refractivity contribution in [1.82, 2.24) is 10.5 Å². The molecule has 1 fully saturated rings. The predicted molar refractivity (Wildman–Crippen MR) is 67.7 cm³/mol. The number of rotatable bonds is 4. The summed E-state index contributed by atoms with van der Waals surface area (Å²) in [6, 6.07) is 0.835. The van der Waals surface area contributed by atoms with Crippen LogP contribution >= 0.6 is 0 Å². The van der Waals surface area contributed by atoms with Crippen LogP contribution in [0, 0.1) is 19.8 Å². The van der Waals surface area contributed by atoms with E-state index in [0.717, 1.165) is 18.0 Å². The van der Waals surface area contributed by atoms with Crippen molar-refractivity contribution in [3.8, 4) is 0 Å². The molecule has 0 saturated heterocycles. The standard InChI is InChI=1S/C13H23N3O/c1-8(13-9(2)16-17-10(13)3)15-12-6-4-5-11(12)7-14/h8,11-12,15H,4-7,14H2,1-3H3. The van der Waals surface area contributed by atoms with Crippen LogP contribution < -0.4 is 11.1 Å². The molecule has 96 valence electrons. The average Bonchev–Trinajstić information content (AvgIpc) is 2.85. The Morgan fingerprint density at radius 3 is 2.82 bits per heavy atom. The molecule has 1 saturated carbocycles. The first-order valence-corrected chi connectivity index (χ1v) is 6.52. The van der Waals surface area contributed by atoms with Crippen LogP contribution in [0.25, 0.3) is 0 Å². The molecule has 3 atom stereocenters. The number of hydrogen-bond acceptors (Lipinski definition) is 4. The normalized spacial score (nSPS) is 26.4. The largest absolute Gasteiger partial charge is 0.361 e. The second kappa shape index (κ2) is 5.19. The van der Waals surface area contributed by atoms with Gasteiger partial charge >= 0.3 is 0 Å². The van der Waals surface area contributed by atoms with Gasteiger partial charge < -0.3 is 15.6 Å². The topological polar surface area (TPSA) is 64.1 Å². The van der Waals surface area contributed by atoms with Gasteiger partial charge in [0.2, 0.25) is 0 Å². The van der Waals surface area contributed by atoms with Crippen molar-refractivity contribution in [3.63, 3.8) is 0 Å². The molecule has 3 N–H and O–H groups in total. The van der Waals surface area contributed by atoms with Gasteiger partial charge in [0.25, 0.3) is 0 Å². The molecule has 0 spiro atoms. The SMILES string of the molecule is Cc1noc(C)c1C(C)NC1CCCC1CN. The number of aromatic nitrogens is 1. The summed E-state index contributed by atoms with van der Waals surface area (Å²) in [6.45, 7) is 6.94. The molecule has 0 aromatic carbocycles. The van der Waals surface area contributed by atoms with Gasteiger partial charge in [0.15, 0.2) is 0 Å². The molecular formula is C13H23N3O. The van der Waals surface area contributed by atoms with E-state index in [4.69, 9.17) is 10.3 Å². The summed E-state index contributed by atoms with van der Waals surface area (Å²) in [7, 11) is 0. The minimum absolute atomic E-state index is 0.290. The lowest BCUT2D eigenvalue weighted by Gasteiger charge is -2.24. The monoisotopic (exact) mass is 237 g/mol. The van der Waals surface area contributed by atoms with Crippen molar-refractivity contribution in [2.45, 2.75) is 52.1 Å². The molecule has 1 heterocycles. The quantitative estimate of drug-likeness (QED) is 0.841. The first kappa shape index (κ1) is 12.6. The third-order valence-electron chi connectivity index (χ3n) is 3.95. The highest BCUT2D eigenvalue weighted by Crippen LogP contribution is 2.28. The van der Waals surface area contributed by atoms with Gasteiger partial charge in [0.1, 0.15) is 5.76 Å². The van der Waals surface area contributed by atoms with E-state index in [1.807, 2.05) is 13.8 Å². The van der Waals surface area contributed by atoms with E-state index in [-0.39, 0.29) is 0 Å². The van der Waals surface area contributed by atoms with Crippen molar-refractivity contribution in [2.75, 3.05) is 6.54 Å². The van der Waals surface area contributed by atoms with Crippen LogP contribution in [0.3, 0.4) is 0 Å². The van der Waals surface area contributed by atoms with E-state index < -0.39 is 0 Å². The van der Waals surface area contributed by atoms with Crippen molar-refractivity contribution >= 4 is 0 Å². The highest BCUT2D eigenvalue weighted by Gasteiger charge is 2.28.